The first-order chi connectivity index (χ1) is 14.5. The highest BCUT2D eigenvalue weighted by molar-refractivity contribution is 6.00. The minimum absolute atomic E-state index is 0.268. The number of nitrogens with one attached hydrogen (secondary N) is 1. The maximum absolute atomic E-state index is 13.0. The summed E-state index contributed by atoms with van der Waals surface area (Å²) in [5, 5.41) is 7.26. The molecule has 0 aliphatic rings. The molecule has 1 amide bonds. The second-order valence-corrected chi connectivity index (χ2v) is 6.65. The summed E-state index contributed by atoms with van der Waals surface area (Å²) in [4.78, 5) is 24.8. The van der Waals surface area contributed by atoms with E-state index in [0.717, 1.165) is 5.56 Å². The Kier molecular flexibility index (Phi) is 5.26. The number of esters is 1. The lowest BCUT2D eigenvalue weighted by molar-refractivity contribution is -0.123. The van der Waals surface area contributed by atoms with Crippen molar-refractivity contribution in [2.45, 2.75) is 13.0 Å². The predicted octanol–water partition coefficient (Wildman–Crippen LogP) is 4.82. The number of hydrogen-bond donors (Lipinski definition) is 1. The highest BCUT2D eigenvalue weighted by Crippen LogP contribution is 2.29. The zero-order chi connectivity index (χ0) is 21.1. The van der Waals surface area contributed by atoms with Crippen molar-refractivity contribution in [3.63, 3.8) is 0 Å². The number of rotatable bonds is 5. The van der Waals surface area contributed by atoms with Crippen molar-refractivity contribution in [3.05, 3.63) is 84.2 Å². The lowest BCUT2D eigenvalue weighted by Crippen LogP contribution is -2.30. The number of anilines is 1. The number of fused-ring (bicyclic) bond motifs is 1. The molecule has 0 aliphatic carbocycles. The Morgan fingerprint density at radius 3 is 2.50 bits per heavy atom. The highest BCUT2D eigenvalue weighted by atomic mass is 19.1. The van der Waals surface area contributed by atoms with Crippen LogP contribution in [-0.2, 0) is 9.53 Å². The van der Waals surface area contributed by atoms with Gasteiger partial charge in [-0.2, -0.15) is 0 Å². The van der Waals surface area contributed by atoms with Crippen molar-refractivity contribution >= 4 is 28.5 Å². The largest absolute Gasteiger partial charge is 0.449 e. The Hall–Kier alpha value is -4.00. The van der Waals surface area contributed by atoms with Crippen LogP contribution in [-0.4, -0.2) is 23.1 Å². The Labute approximate surface area is 171 Å². The molecule has 150 valence electrons. The molecule has 1 heterocycles. The molecule has 0 radical (unpaired) electrons. The van der Waals surface area contributed by atoms with Gasteiger partial charge in [-0.3, -0.25) is 4.79 Å². The third kappa shape index (κ3) is 4.05. The predicted molar refractivity (Wildman–Crippen MR) is 109 cm³/mol. The van der Waals surface area contributed by atoms with Crippen LogP contribution in [0.2, 0.25) is 0 Å². The van der Waals surface area contributed by atoms with E-state index in [1.54, 1.807) is 18.2 Å². The maximum Gasteiger partial charge on any atom is 0.338 e. The molecule has 6 nitrogen and oxygen atoms in total. The van der Waals surface area contributed by atoms with Crippen molar-refractivity contribution < 1.29 is 23.2 Å². The van der Waals surface area contributed by atoms with Gasteiger partial charge in [0.1, 0.15) is 11.3 Å². The summed E-state index contributed by atoms with van der Waals surface area (Å²) >= 11 is 0. The van der Waals surface area contributed by atoms with Gasteiger partial charge in [0.15, 0.2) is 11.9 Å². The quantitative estimate of drug-likeness (QED) is 0.483. The van der Waals surface area contributed by atoms with Crippen LogP contribution in [0.25, 0.3) is 22.2 Å². The van der Waals surface area contributed by atoms with E-state index in [1.165, 1.54) is 31.2 Å². The first kappa shape index (κ1) is 19.3. The van der Waals surface area contributed by atoms with Crippen LogP contribution < -0.4 is 5.32 Å². The molecule has 1 atom stereocenters. The molecule has 0 spiro atoms. The molecule has 0 aliphatic heterocycles. The average molecular weight is 404 g/mol. The summed E-state index contributed by atoms with van der Waals surface area (Å²) in [5.74, 6) is -1.04. The molecule has 0 saturated heterocycles. The topological polar surface area (TPSA) is 81.4 Å². The van der Waals surface area contributed by atoms with Crippen LogP contribution in [0.3, 0.4) is 0 Å². The lowest BCUT2D eigenvalue weighted by Gasteiger charge is -2.13. The normalized spacial score (nSPS) is 11.8. The van der Waals surface area contributed by atoms with E-state index >= 15 is 0 Å². The second-order valence-electron chi connectivity index (χ2n) is 6.65. The van der Waals surface area contributed by atoms with Crippen molar-refractivity contribution in [2.75, 3.05) is 5.32 Å². The fourth-order valence-electron chi connectivity index (χ4n) is 2.93. The lowest BCUT2D eigenvalue weighted by atomic mass is 10.1. The van der Waals surface area contributed by atoms with Gasteiger partial charge in [0, 0.05) is 11.3 Å². The van der Waals surface area contributed by atoms with E-state index in [1.807, 2.05) is 30.3 Å². The van der Waals surface area contributed by atoms with Gasteiger partial charge in [-0.25, -0.2) is 9.18 Å². The van der Waals surface area contributed by atoms with Gasteiger partial charge in [0.2, 0.25) is 0 Å². The van der Waals surface area contributed by atoms with E-state index < -0.39 is 23.8 Å². The van der Waals surface area contributed by atoms with E-state index in [4.69, 9.17) is 9.26 Å². The molecular weight excluding hydrogens is 387 g/mol. The standard InChI is InChI=1S/C23H17FN2O4/c1-14(22(27)25-18-10-8-17(24)9-11-18)29-23(28)16-7-12-20-19(13-16)21(30-26-20)15-5-3-2-4-6-15/h2-14H,1H3,(H,25,27)/t14-/m0/s1. The van der Waals surface area contributed by atoms with Crippen molar-refractivity contribution in [1.82, 2.24) is 5.16 Å². The summed E-state index contributed by atoms with van der Waals surface area (Å²) in [7, 11) is 0. The SMILES string of the molecule is C[C@H](OC(=O)c1ccc2noc(-c3ccccc3)c2c1)C(=O)Nc1ccc(F)cc1. The van der Waals surface area contributed by atoms with E-state index in [9.17, 15) is 14.0 Å². The summed E-state index contributed by atoms with van der Waals surface area (Å²) in [5.41, 5.74) is 2.11. The number of hydrogen-bond acceptors (Lipinski definition) is 5. The number of aromatic nitrogens is 1. The third-order valence-electron chi connectivity index (χ3n) is 4.51. The van der Waals surface area contributed by atoms with E-state index in [-0.39, 0.29) is 5.56 Å². The average Bonchev–Trinajstić information content (AvgIpc) is 3.19. The summed E-state index contributed by atoms with van der Waals surface area (Å²) in [6, 6.07) is 19.6. The van der Waals surface area contributed by atoms with Gasteiger partial charge >= 0.3 is 5.97 Å². The minimum atomic E-state index is -1.05. The fourth-order valence-corrected chi connectivity index (χ4v) is 2.93. The third-order valence-corrected chi connectivity index (χ3v) is 4.51. The molecule has 30 heavy (non-hydrogen) atoms. The monoisotopic (exact) mass is 404 g/mol. The summed E-state index contributed by atoms with van der Waals surface area (Å²) < 4.78 is 23.7. The molecule has 1 N–H and O–H groups in total. The van der Waals surface area contributed by atoms with Gasteiger partial charge in [-0.1, -0.05) is 35.5 Å². The first-order valence-electron chi connectivity index (χ1n) is 9.23. The number of amides is 1. The Balaban J connectivity index is 1.50. The van der Waals surface area contributed by atoms with Crippen molar-refractivity contribution in [1.29, 1.82) is 0 Å². The smallest absolute Gasteiger partial charge is 0.338 e. The van der Waals surface area contributed by atoms with Crippen molar-refractivity contribution in [3.8, 4) is 11.3 Å². The number of carbonyl (C=O) groups is 2. The zero-order valence-corrected chi connectivity index (χ0v) is 16.0. The summed E-state index contributed by atoms with van der Waals surface area (Å²) in [6.45, 7) is 1.46. The van der Waals surface area contributed by atoms with Crippen LogP contribution in [0.5, 0.6) is 0 Å². The number of halogens is 1. The minimum Gasteiger partial charge on any atom is -0.449 e. The maximum atomic E-state index is 13.0. The van der Waals surface area contributed by atoms with Gasteiger partial charge in [0.25, 0.3) is 5.91 Å². The number of carbonyl (C=O) groups excluding carboxylic acids is 2. The molecule has 0 unspecified atom stereocenters. The molecule has 0 bridgehead atoms. The van der Waals surface area contributed by atoms with Gasteiger partial charge in [-0.15, -0.1) is 0 Å². The second kappa shape index (κ2) is 8.16. The van der Waals surface area contributed by atoms with E-state index in [0.29, 0.717) is 22.4 Å². The van der Waals surface area contributed by atoms with Gasteiger partial charge in [-0.05, 0) is 49.4 Å². The van der Waals surface area contributed by atoms with Gasteiger partial charge in [0.05, 0.1) is 10.9 Å². The van der Waals surface area contributed by atoms with Crippen LogP contribution in [0.15, 0.2) is 77.3 Å². The Morgan fingerprint density at radius 2 is 1.77 bits per heavy atom. The van der Waals surface area contributed by atoms with E-state index in [2.05, 4.69) is 10.5 Å². The van der Waals surface area contributed by atoms with Crippen LogP contribution in [0.1, 0.15) is 17.3 Å². The number of nitrogens with zero attached hydrogens (tertiary/aromatic N) is 1. The Bertz CT molecular complexity index is 1200. The molecular formula is C23H17FN2O4. The van der Waals surface area contributed by atoms with Crippen LogP contribution in [0.4, 0.5) is 10.1 Å². The van der Waals surface area contributed by atoms with Crippen molar-refractivity contribution in [2.24, 2.45) is 0 Å². The van der Waals surface area contributed by atoms with Crippen LogP contribution >= 0.6 is 0 Å². The van der Waals surface area contributed by atoms with Gasteiger partial charge < -0.3 is 14.6 Å². The van der Waals surface area contributed by atoms with Crippen LogP contribution in [0, 0.1) is 5.82 Å². The highest BCUT2D eigenvalue weighted by Gasteiger charge is 2.20. The molecule has 4 rings (SSSR count). The fraction of sp³-hybridized carbons (Fsp3) is 0.0870. The molecule has 1 aromatic heterocycles. The molecule has 0 saturated carbocycles. The summed E-state index contributed by atoms with van der Waals surface area (Å²) in [6.07, 6.45) is -1.05. The zero-order valence-electron chi connectivity index (χ0n) is 16.0. The first-order valence-corrected chi connectivity index (χ1v) is 9.23. The Morgan fingerprint density at radius 1 is 1.03 bits per heavy atom. The molecule has 7 heteroatoms. The number of benzene rings is 3. The molecule has 3 aromatic carbocycles. The number of ether oxygens (including phenoxy) is 1. The molecule has 4 aromatic rings. The molecule has 0 fully saturated rings.